The summed E-state index contributed by atoms with van der Waals surface area (Å²) in [6.45, 7) is 2.52. The molecule has 0 saturated heterocycles. The summed E-state index contributed by atoms with van der Waals surface area (Å²) in [5.74, 6) is 1.57. The van der Waals surface area contributed by atoms with Crippen molar-refractivity contribution >= 4 is 34.1 Å². The number of carbonyl (C=O) groups excluding carboxylic acids is 1. The lowest BCUT2D eigenvalue weighted by Gasteiger charge is -2.09. The highest BCUT2D eigenvalue weighted by Crippen LogP contribution is 2.30. The Labute approximate surface area is 153 Å². The van der Waals surface area contributed by atoms with Gasteiger partial charge in [0, 0.05) is 18.6 Å². The topological polar surface area (TPSA) is 81.9 Å². The molecule has 25 heavy (non-hydrogen) atoms. The Morgan fingerprint density at radius 3 is 2.96 bits per heavy atom. The highest BCUT2D eigenvalue weighted by molar-refractivity contribution is 7.99. The minimum absolute atomic E-state index is 0.126. The lowest BCUT2D eigenvalue weighted by molar-refractivity contribution is -0.113. The van der Waals surface area contributed by atoms with Gasteiger partial charge in [0.1, 0.15) is 5.75 Å². The Balaban J connectivity index is 1.70. The van der Waals surface area contributed by atoms with Gasteiger partial charge in [-0.3, -0.25) is 4.79 Å². The Morgan fingerprint density at radius 1 is 1.36 bits per heavy atom. The van der Waals surface area contributed by atoms with Gasteiger partial charge in [-0.15, -0.1) is 21.5 Å². The maximum atomic E-state index is 12.0. The first kappa shape index (κ1) is 17.4. The Morgan fingerprint density at radius 2 is 2.20 bits per heavy atom. The molecule has 1 aromatic carbocycles. The first-order chi connectivity index (χ1) is 12.2. The molecule has 2 aromatic heterocycles. The Bertz CT molecular complexity index is 848. The number of rotatable bonds is 7. The van der Waals surface area contributed by atoms with Gasteiger partial charge >= 0.3 is 0 Å². The maximum absolute atomic E-state index is 12.0. The summed E-state index contributed by atoms with van der Waals surface area (Å²) in [5, 5.41) is 14.3. The van der Waals surface area contributed by atoms with Gasteiger partial charge in [0.2, 0.25) is 5.91 Å². The normalized spacial score (nSPS) is 10.6. The van der Waals surface area contributed by atoms with Crippen molar-refractivity contribution in [3.8, 4) is 17.1 Å². The standard InChI is InChI=1S/C16H17N5O2S2/c1-3-23-12-7-5-4-6-11(12)14-19-20-16(21(14)2)25-10-13(22)18-15-17-8-9-24-15/h4-9H,3,10H2,1-2H3,(H,17,18,22). The zero-order valence-corrected chi connectivity index (χ0v) is 15.4. The van der Waals surface area contributed by atoms with Crippen molar-refractivity contribution in [1.29, 1.82) is 0 Å². The van der Waals surface area contributed by atoms with E-state index in [1.54, 1.807) is 6.20 Å². The molecular formula is C16H17N5O2S2. The number of ether oxygens (including phenoxy) is 1. The van der Waals surface area contributed by atoms with Crippen LogP contribution >= 0.6 is 23.1 Å². The molecule has 0 aliphatic rings. The van der Waals surface area contributed by atoms with Crippen molar-refractivity contribution in [1.82, 2.24) is 19.7 Å². The van der Waals surface area contributed by atoms with Crippen LogP contribution in [0, 0.1) is 0 Å². The minimum Gasteiger partial charge on any atom is -0.493 e. The van der Waals surface area contributed by atoms with E-state index in [0.29, 0.717) is 22.7 Å². The van der Waals surface area contributed by atoms with Crippen molar-refractivity contribution in [2.75, 3.05) is 17.7 Å². The predicted octanol–water partition coefficient (Wildman–Crippen LogP) is 3.07. The van der Waals surface area contributed by atoms with Gasteiger partial charge in [-0.05, 0) is 19.1 Å². The zero-order chi connectivity index (χ0) is 17.6. The van der Waals surface area contributed by atoms with Gasteiger partial charge < -0.3 is 14.6 Å². The van der Waals surface area contributed by atoms with Crippen LogP contribution in [0.25, 0.3) is 11.4 Å². The van der Waals surface area contributed by atoms with Gasteiger partial charge in [0.15, 0.2) is 16.1 Å². The molecule has 1 N–H and O–H groups in total. The second kappa shape index (κ2) is 8.13. The van der Waals surface area contributed by atoms with E-state index in [9.17, 15) is 4.79 Å². The molecule has 0 atom stereocenters. The summed E-state index contributed by atoms with van der Waals surface area (Å²) in [6, 6.07) is 7.70. The molecule has 0 spiro atoms. The average Bonchev–Trinajstić information content (AvgIpc) is 3.24. The number of aromatic nitrogens is 4. The van der Waals surface area contributed by atoms with Crippen LogP contribution in [0.4, 0.5) is 5.13 Å². The molecule has 0 unspecified atom stereocenters. The molecule has 1 amide bonds. The Kier molecular flexibility index (Phi) is 5.67. The summed E-state index contributed by atoms with van der Waals surface area (Å²) in [5.41, 5.74) is 0.874. The number of anilines is 1. The zero-order valence-electron chi connectivity index (χ0n) is 13.8. The number of amides is 1. The summed E-state index contributed by atoms with van der Waals surface area (Å²) < 4.78 is 7.52. The SMILES string of the molecule is CCOc1ccccc1-c1nnc(SCC(=O)Nc2nccs2)n1C. The lowest BCUT2D eigenvalue weighted by Crippen LogP contribution is -2.14. The summed E-state index contributed by atoms with van der Waals surface area (Å²) in [4.78, 5) is 16.0. The van der Waals surface area contributed by atoms with Crippen LogP contribution in [-0.4, -0.2) is 38.0 Å². The van der Waals surface area contributed by atoms with Crippen molar-refractivity contribution < 1.29 is 9.53 Å². The van der Waals surface area contributed by atoms with E-state index in [1.807, 2.05) is 48.2 Å². The van der Waals surface area contributed by atoms with Crippen LogP contribution in [0.3, 0.4) is 0 Å². The summed E-state index contributed by atoms with van der Waals surface area (Å²) >= 11 is 2.71. The van der Waals surface area contributed by atoms with Crippen LogP contribution in [0.2, 0.25) is 0 Å². The molecule has 0 radical (unpaired) electrons. The third-order valence-corrected chi connectivity index (χ3v) is 4.98. The predicted molar refractivity (Wildman–Crippen MR) is 99.1 cm³/mol. The second-order valence-electron chi connectivity index (χ2n) is 4.97. The van der Waals surface area contributed by atoms with Crippen molar-refractivity contribution in [3.63, 3.8) is 0 Å². The number of hydrogen-bond donors (Lipinski definition) is 1. The highest BCUT2D eigenvalue weighted by atomic mass is 32.2. The monoisotopic (exact) mass is 375 g/mol. The highest BCUT2D eigenvalue weighted by Gasteiger charge is 2.16. The number of benzene rings is 1. The smallest absolute Gasteiger partial charge is 0.236 e. The minimum atomic E-state index is -0.126. The average molecular weight is 375 g/mol. The molecule has 0 fully saturated rings. The number of thiazole rings is 1. The number of nitrogens with zero attached hydrogens (tertiary/aromatic N) is 4. The number of nitrogens with one attached hydrogen (secondary N) is 1. The van der Waals surface area contributed by atoms with Crippen LogP contribution in [-0.2, 0) is 11.8 Å². The van der Waals surface area contributed by atoms with Crippen LogP contribution in [0.1, 0.15) is 6.92 Å². The fraction of sp³-hybridized carbons (Fsp3) is 0.250. The third kappa shape index (κ3) is 4.18. The van der Waals surface area contributed by atoms with Crippen LogP contribution in [0.15, 0.2) is 41.0 Å². The molecule has 0 aliphatic heterocycles. The first-order valence-corrected chi connectivity index (χ1v) is 9.49. The molecule has 2 heterocycles. The maximum Gasteiger partial charge on any atom is 0.236 e. The summed E-state index contributed by atoms with van der Waals surface area (Å²) in [7, 11) is 1.87. The fourth-order valence-corrected chi connectivity index (χ4v) is 3.43. The van der Waals surface area contributed by atoms with E-state index in [-0.39, 0.29) is 11.7 Å². The van der Waals surface area contributed by atoms with E-state index in [1.165, 1.54) is 23.1 Å². The van der Waals surface area contributed by atoms with Gasteiger partial charge in [0.05, 0.1) is 17.9 Å². The quantitative estimate of drug-likeness (QED) is 0.639. The number of hydrogen-bond acceptors (Lipinski definition) is 7. The molecule has 3 aromatic rings. The Hall–Kier alpha value is -2.39. The molecule has 0 saturated carbocycles. The van der Waals surface area contributed by atoms with Crippen molar-refractivity contribution in [2.24, 2.45) is 7.05 Å². The van der Waals surface area contributed by atoms with Crippen molar-refractivity contribution in [2.45, 2.75) is 12.1 Å². The van der Waals surface area contributed by atoms with Gasteiger partial charge in [0.25, 0.3) is 0 Å². The van der Waals surface area contributed by atoms with E-state index in [2.05, 4.69) is 20.5 Å². The van der Waals surface area contributed by atoms with Gasteiger partial charge in [-0.1, -0.05) is 23.9 Å². The lowest BCUT2D eigenvalue weighted by atomic mass is 10.2. The largest absolute Gasteiger partial charge is 0.493 e. The molecule has 0 bridgehead atoms. The van der Waals surface area contributed by atoms with Gasteiger partial charge in [-0.25, -0.2) is 4.98 Å². The second-order valence-corrected chi connectivity index (χ2v) is 6.81. The molecule has 9 heteroatoms. The third-order valence-electron chi connectivity index (χ3n) is 3.27. The number of carbonyl (C=O) groups is 1. The van der Waals surface area contributed by atoms with E-state index < -0.39 is 0 Å². The summed E-state index contributed by atoms with van der Waals surface area (Å²) in [6.07, 6.45) is 1.65. The first-order valence-electron chi connectivity index (χ1n) is 7.62. The molecule has 0 aliphatic carbocycles. The number of thioether (sulfide) groups is 1. The molecule has 7 nitrogen and oxygen atoms in total. The molecular weight excluding hydrogens is 358 g/mol. The van der Waals surface area contributed by atoms with Crippen LogP contribution in [0.5, 0.6) is 5.75 Å². The fourth-order valence-electron chi connectivity index (χ4n) is 2.18. The van der Waals surface area contributed by atoms with Crippen molar-refractivity contribution in [3.05, 3.63) is 35.8 Å². The molecule has 130 valence electrons. The van der Waals surface area contributed by atoms with Crippen LogP contribution < -0.4 is 10.1 Å². The number of para-hydroxylation sites is 1. The van der Waals surface area contributed by atoms with E-state index >= 15 is 0 Å². The van der Waals surface area contributed by atoms with E-state index in [0.717, 1.165) is 11.3 Å². The van der Waals surface area contributed by atoms with E-state index in [4.69, 9.17) is 4.74 Å². The molecule has 3 rings (SSSR count). The van der Waals surface area contributed by atoms with Gasteiger partial charge in [-0.2, -0.15) is 0 Å².